The highest BCUT2D eigenvalue weighted by atomic mass is 19.1. The summed E-state index contributed by atoms with van der Waals surface area (Å²) in [6, 6.07) is 1.61. The zero-order chi connectivity index (χ0) is 8.97. The predicted molar refractivity (Wildman–Crippen MR) is 42.9 cm³/mol. The van der Waals surface area contributed by atoms with Crippen molar-refractivity contribution in [1.82, 2.24) is 4.98 Å². The molecule has 62 valence electrons. The molecule has 2 nitrogen and oxygen atoms in total. The molecule has 1 aromatic heterocycles. The summed E-state index contributed by atoms with van der Waals surface area (Å²) in [6.45, 7) is 1.38. The second-order valence-electron chi connectivity index (χ2n) is 2.23. The maximum absolute atomic E-state index is 12.8. The van der Waals surface area contributed by atoms with Crippen molar-refractivity contribution < 1.29 is 9.50 Å². The van der Waals surface area contributed by atoms with Crippen molar-refractivity contribution in [2.24, 2.45) is 0 Å². The molecule has 1 aromatic rings. The Labute approximate surface area is 70.1 Å². The van der Waals surface area contributed by atoms with Crippen LogP contribution in [0.1, 0.15) is 11.1 Å². The smallest absolute Gasteiger partial charge is 0.216 e. The standard InChI is InChI=1S/C9H8FNO/c1-7-8(3-2-6-12)4-5-11-9(7)10/h4-5,12H,6H2,1H3. The summed E-state index contributed by atoms with van der Waals surface area (Å²) >= 11 is 0. The lowest BCUT2D eigenvalue weighted by molar-refractivity contribution is 0.350. The first-order valence-corrected chi connectivity index (χ1v) is 3.46. The molecular formula is C9H8FNO. The minimum absolute atomic E-state index is 0.219. The van der Waals surface area contributed by atoms with Gasteiger partial charge in [0.1, 0.15) is 6.61 Å². The number of aliphatic hydroxyl groups excluding tert-OH is 1. The van der Waals surface area contributed by atoms with Crippen LogP contribution in [-0.2, 0) is 0 Å². The van der Waals surface area contributed by atoms with E-state index in [1.165, 1.54) is 6.20 Å². The molecule has 0 radical (unpaired) electrons. The molecule has 0 aliphatic heterocycles. The van der Waals surface area contributed by atoms with E-state index in [0.29, 0.717) is 11.1 Å². The Balaban J connectivity index is 3.08. The molecule has 0 bridgehead atoms. The van der Waals surface area contributed by atoms with Crippen molar-refractivity contribution in [3.05, 3.63) is 29.3 Å². The van der Waals surface area contributed by atoms with Crippen LogP contribution >= 0.6 is 0 Å². The van der Waals surface area contributed by atoms with Crippen LogP contribution in [-0.4, -0.2) is 16.7 Å². The predicted octanol–water partition coefficient (Wildman–Crippen LogP) is 0.873. The van der Waals surface area contributed by atoms with Crippen molar-refractivity contribution >= 4 is 0 Å². The molecule has 12 heavy (non-hydrogen) atoms. The summed E-state index contributed by atoms with van der Waals surface area (Å²) in [5.41, 5.74) is 0.981. The van der Waals surface area contributed by atoms with Gasteiger partial charge in [0.2, 0.25) is 5.95 Å². The van der Waals surface area contributed by atoms with Crippen LogP contribution in [0.3, 0.4) is 0 Å². The molecule has 0 spiro atoms. The molecule has 0 fully saturated rings. The van der Waals surface area contributed by atoms with Crippen molar-refractivity contribution in [3.8, 4) is 11.8 Å². The Bertz CT molecular complexity index is 338. The van der Waals surface area contributed by atoms with Gasteiger partial charge in [-0.25, -0.2) is 4.98 Å². The summed E-state index contributed by atoms with van der Waals surface area (Å²) in [5, 5.41) is 8.40. The fraction of sp³-hybridized carbons (Fsp3) is 0.222. The molecule has 0 aliphatic carbocycles. The van der Waals surface area contributed by atoms with Crippen LogP contribution in [0.2, 0.25) is 0 Å². The molecule has 3 heteroatoms. The number of pyridine rings is 1. The van der Waals surface area contributed by atoms with Gasteiger partial charge in [-0.15, -0.1) is 0 Å². The number of nitrogens with zero attached hydrogens (tertiary/aromatic N) is 1. The Hall–Kier alpha value is -1.40. The lowest BCUT2D eigenvalue weighted by Crippen LogP contribution is -1.91. The van der Waals surface area contributed by atoms with Crippen LogP contribution in [0.15, 0.2) is 12.3 Å². The summed E-state index contributed by atoms with van der Waals surface area (Å²) in [6.07, 6.45) is 1.35. The maximum Gasteiger partial charge on any atom is 0.216 e. The van der Waals surface area contributed by atoms with E-state index in [1.54, 1.807) is 13.0 Å². The second kappa shape index (κ2) is 3.84. The summed E-state index contributed by atoms with van der Waals surface area (Å²) in [7, 11) is 0. The van der Waals surface area contributed by atoms with Gasteiger partial charge in [0.15, 0.2) is 0 Å². The van der Waals surface area contributed by atoms with Gasteiger partial charge in [-0.3, -0.25) is 0 Å². The van der Waals surface area contributed by atoms with Crippen LogP contribution in [0.5, 0.6) is 0 Å². The van der Waals surface area contributed by atoms with Crippen molar-refractivity contribution in [3.63, 3.8) is 0 Å². The fourth-order valence-electron chi connectivity index (χ4n) is 0.780. The van der Waals surface area contributed by atoms with E-state index in [0.717, 1.165) is 0 Å². The first-order valence-electron chi connectivity index (χ1n) is 3.46. The van der Waals surface area contributed by atoms with E-state index in [-0.39, 0.29) is 6.61 Å². The average molecular weight is 165 g/mol. The van der Waals surface area contributed by atoms with Gasteiger partial charge < -0.3 is 5.11 Å². The number of hydrogen-bond donors (Lipinski definition) is 1. The topological polar surface area (TPSA) is 33.1 Å². The lowest BCUT2D eigenvalue weighted by Gasteiger charge is -1.96. The van der Waals surface area contributed by atoms with Crippen molar-refractivity contribution in [1.29, 1.82) is 0 Å². The number of hydrogen-bond acceptors (Lipinski definition) is 2. The van der Waals surface area contributed by atoms with Gasteiger partial charge in [-0.05, 0) is 13.0 Å². The van der Waals surface area contributed by atoms with Gasteiger partial charge in [0.25, 0.3) is 0 Å². The van der Waals surface area contributed by atoms with Crippen LogP contribution in [0.25, 0.3) is 0 Å². The molecule has 1 heterocycles. The number of aliphatic hydroxyl groups is 1. The highest BCUT2D eigenvalue weighted by molar-refractivity contribution is 5.39. The molecular weight excluding hydrogens is 157 g/mol. The van der Waals surface area contributed by atoms with Gasteiger partial charge in [-0.2, -0.15) is 4.39 Å². The Morgan fingerprint density at radius 3 is 3.08 bits per heavy atom. The fourth-order valence-corrected chi connectivity index (χ4v) is 0.780. The Kier molecular flexibility index (Phi) is 2.78. The monoisotopic (exact) mass is 165 g/mol. The van der Waals surface area contributed by atoms with Gasteiger partial charge in [-0.1, -0.05) is 11.8 Å². The molecule has 0 aromatic carbocycles. The minimum atomic E-state index is -0.514. The molecule has 0 atom stereocenters. The Morgan fingerprint density at radius 1 is 1.67 bits per heavy atom. The molecule has 1 N–H and O–H groups in total. The van der Waals surface area contributed by atoms with E-state index < -0.39 is 5.95 Å². The number of halogens is 1. The lowest BCUT2D eigenvalue weighted by atomic mass is 10.1. The zero-order valence-corrected chi connectivity index (χ0v) is 6.63. The third-order valence-corrected chi connectivity index (χ3v) is 1.44. The quantitative estimate of drug-likeness (QED) is 0.457. The van der Waals surface area contributed by atoms with Crippen LogP contribution < -0.4 is 0 Å². The van der Waals surface area contributed by atoms with E-state index >= 15 is 0 Å². The highest BCUT2D eigenvalue weighted by Gasteiger charge is 2.00. The number of rotatable bonds is 0. The van der Waals surface area contributed by atoms with Gasteiger partial charge in [0.05, 0.1) is 0 Å². The van der Waals surface area contributed by atoms with Crippen molar-refractivity contribution in [2.45, 2.75) is 6.92 Å². The largest absolute Gasteiger partial charge is 0.384 e. The third kappa shape index (κ3) is 1.80. The average Bonchev–Trinajstić information content (AvgIpc) is 2.08. The first-order chi connectivity index (χ1) is 5.75. The van der Waals surface area contributed by atoms with E-state index in [9.17, 15) is 4.39 Å². The molecule has 1 rings (SSSR count). The molecule has 0 saturated carbocycles. The summed E-state index contributed by atoms with van der Waals surface area (Å²) in [5.74, 6) is 4.55. The van der Waals surface area contributed by atoms with Gasteiger partial charge >= 0.3 is 0 Å². The van der Waals surface area contributed by atoms with E-state index in [1.807, 2.05) is 0 Å². The third-order valence-electron chi connectivity index (χ3n) is 1.44. The SMILES string of the molecule is Cc1c(C#CCO)ccnc1F. The maximum atomic E-state index is 12.8. The Morgan fingerprint density at radius 2 is 2.42 bits per heavy atom. The molecule has 0 unspecified atom stereocenters. The number of aromatic nitrogens is 1. The first kappa shape index (κ1) is 8.69. The van der Waals surface area contributed by atoms with Gasteiger partial charge in [0, 0.05) is 17.3 Å². The molecule has 0 saturated heterocycles. The normalized spacial score (nSPS) is 8.92. The summed E-state index contributed by atoms with van der Waals surface area (Å²) < 4.78 is 12.8. The van der Waals surface area contributed by atoms with Crippen LogP contribution in [0, 0.1) is 24.7 Å². The molecule has 0 amide bonds. The molecule has 0 aliphatic rings. The summed E-state index contributed by atoms with van der Waals surface area (Å²) in [4.78, 5) is 3.45. The second-order valence-corrected chi connectivity index (χ2v) is 2.23. The van der Waals surface area contributed by atoms with Crippen LogP contribution in [0.4, 0.5) is 4.39 Å². The van der Waals surface area contributed by atoms with E-state index in [4.69, 9.17) is 5.11 Å². The highest BCUT2D eigenvalue weighted by Crippen LogP contribution is 2.07. The van der Waals surface area contributed by atoms with E-state index in [2.05, 4.69) is 16.8 Å². The zero-order valence-electron chi connectivity index (χ0n) is 6.63. The minimum Gasteiger partial charge on any atom is -0.384 e. The van der Waals surface area contributed by atoms with Crippen molar-refractivity contribution in [2.75, 3.05) is 6.61 Å².